The van der Waals surface area contributed by atoms with Crippen LogP contribution >= 0.6 is 12.4 Å². The van der Waals surface area contributed by atoms with Gasteiger partial charge in [0.05, 0.1) is 6.04 Å². The summed E-state index contributed by atoms with van der Waals surface area (Å²) >= 11 is 0. The fourth-order valence-electron chi connectivity index (χ4n) is 4.74. The number of rotatable bonds is 2. The number of carbonyl (C=O) groups excluding carboxylic acids is 1. The maximum absolute atomic E-state index is 12.7. The van der Waals surface area contributed by atoms with E-state index in [1.54, 1.807) is 0 Å². The summed E-state index contributed by atoms with van der Waals surface area (Å²) in [6.07, 6.45) is 4.97. The lowest BCUT2D eigenvalue weighted by Gasteiger charge is -2.52. The Bertz CT molecular complexity index is 711. The number of para-hydroxylation sites is 1. The van der Waals surface area contributed by atoms with Gasteiger partial charge in [0.2, 0.25) is 0 Å². The molecule has 23 heavy (non-hydrogen) atoms. The zero-order chi connectivity index (χ0) is 14.7. The van der Waals surface area contributed by atoms with Gasteiger partial charge in [-0.3, -0.25) is 9.69 Å². The zero-order valence-corrected chi connectivity index (χ0v) is 13.9. The Morgan fingerprint density at radius 2 is 1.96 bits per heavy atom. The van der Waals surface area contributed by atoms with Crippen molar-refractivity contribution in [2.75, 3.05) is 13.1 Å². The lowest BCUT2D eigenvalue weighted by Crippen LogP contribution is -2.65. The third-order valence-electron chi connectivity index (χ3n) is 6.04. The average molecular weight is 332 g/mol. The number of H-pyrrole nitrogens is 1. The van der Waals surface area contributed by atoms with Gasteiger partial charge in [0.15, 0.2) is 0 Å². The molecule has 122 valence electrons. The van der Waals surface area contributed by atoms with Gasteiger partial charge in [-0.15, -0.1) is 12.4 Å². The number of nitrogens with zero attached hydrogens (tertiary/aromatic N) is 1. The summed E-state index contributed by atoms with van der Waals surface area (Å²) < 4.78 is 0. The van der Waals surface area contributed by atoms with Crippen molar-refractivity contribution < 1.29 is 4.79 Å². The predicted molar refractivity (Wildman–Crippen MR) is 93.1 cm³/mol. The Morgan fingerprint density at radius 3 is 2.65 bits per heavy atom. The van der Waals surface area contributed by atoms with Crippen LogP contribution in [-0.4, -0.2) is 40.5 Å². The third kappa shape index (κ3) is 2.19. The van der Waals surface area contributed by atoms with E-state index in [1.807, 2.05) is 30.3 Å². The summed E-state index contributed by atoms with van der Waals surface area (Å²) in [6.45, 7) is 2.45. The van der Waals surface area contributed by atoms with E-state index in [4.69, 9.17) is 0 Å². The van der Waals surface area contributed by atoms with Gasteiger partial charge >= 0.3 is 0 Å². The molecule has 4 nitrogen and oxygen atoms in total. The Hall–Kier alpha value is -1.52. The van der Waals surface area contributed by atoms with Crippen LogP contribution in [0.2, 0.25) is 0 Å². The molecule has 1 saturated carbocycles. The van der Waals surface area contributed by atoms with Crippen molar-refractivity contribution in [1.82, 2.24) is 15.2 Å². The summed E-state index contributed by atoms with van der Waals surface area (Å²) in [4.78, 5) is 18.6. The molecule has 2 N–H and O–H groups in total. The van der Waals surface area contributed by atoms with Crippen LogP contribution in [0.4, 0.5) is 0 Å². The quantitative estimate of drug-likeness (QED) is 0.889. The third-order valence-corrected chi connectivity index (χ3v) is 6.04. The summed E-state index contributed by atoms with van der Waals surface area (Å²) in [5.41, 5.74) is 2.01. The molecular weight excluding hydrogens is 310 g/mol. The van der Waals surface area contributed by atoms with E-state index in [9.17, 15) is 4.79 Å². The van der Waals surface area contributed by atoms with Gasteiger partial charge < -0.3 is 10.3 Å². The van der Waals surface area contributed by atoms with Crippen molar-refractivity contribution in [3.05, 3.63) is 36.0 Å². The molecule has 3 aliphatic heterocycles. The Kier molecular flexibility index (Phi) is 3.43. The van der Waals surface area contributed by atoms with Crippen LogP contribution in [0.25, 0.3) is 10.9 Å². The largest absolute Gasteiger partial charge is 0.351 e. The molecular formula is C18H22ClN3O. The number of benzene rings is 1. The van der Waals surface area contributed by atoms with Crippen molar-refractivity contribution in [3.8, 4) is 0 Å². The molecule has 0 radical (unpaired) electrons. The molecule has 4 fully saturated rings. The van der Waals surface area contributed by atoms with E-state index >= 15 is 0 Å². The van der Waals surface area contributed by atoms with Crippen molar-refractivity contribution in [2.45, 2.75) is 37.3 Å². The normalized spacial score (nSPS) is 30.2. The minimum atomic E-state index is 0. The number of carbonyl (C=O) groups is 1. The van der Waals surface area contributed by atoms with Crippen LogP contribution in [0.5, 0.6) is 0 Å². The number of hydrogen-bond acceptors (Lipinski definition) is 2. The van der Waals surface area contributed by atoms with Crippen molar-refractivity contribution in [2.24, 2.45) is 5.92 Å². The standard InChI is InChI=1S/C18H21N3O.ClH/c22-17(15-11-13-3-1-2-4-14(13)19-15)20-16-12-5-9-21(10-6-12)18(16)7-8-18;/h1-4,11-12,16,19H,5-10H2,(H,20,22);1H. The van der Waals surface area contributed by atoms with Crippen LogP contribution in [0.1, 0.15) is 36.2 Å². The molecule has 4 aliphatic rings. The van der Waals surface area contributed by atoms with Crippen LogP contribution in [0.3, 0.4) is 0 Å². The van der Waals surface area contributed by atoms with Gasteiger partial charge in [-0.25, -0.2) is 0 Å². The highest BCUT2D eigenvalue weighted by atomic mass is 35.5. The molecule has 2 aromatic rings. The fourth-order valence-corrected chi connectivity index (χ4v) is 4.74. The van der Waals surface area contributed by atoms with E-state index < -0.39 is 0 Å². The summed E-state index contributed by atoms with van der Waals surface area (Å²) in [5.74, 6) is 0.724. The lowest BCUT2D eigenvalue weighted by atomic mass is 9.77. The number of fused-ring (bicyclic) bond motifs is 3. The summed E-state index contributed by atoms with van der Waals surface area (Å²) in [7, 11) is 0. The molecule has 1 spiro atoms. The first-order valence-electron chi connectivity index (χ1n) is 8.40. The van der Waals surface area contributed by atoms with Crippen LogP contribution in [0, 0.1) is 5.92 Å². The summed E-state index contributed by atoms with van der Waals surface area (Å²) in [5, 5.41) is 4.47. The number of hydrogen-bond donors (Lipinski definition) is 2. The Balaban J connectivity index is 0.00000135. The number of nitrogens with one attached hydrogen (secondary N) is 2. The van der Waals surface area contributed by atoms with Gasteiger partial charge in [-0.2, -0.15) is 0 Å². The molecule has 1 amide bonds. The molecule has 3 saturated heterocycles. The number of aromatic amines is 1. The SMILES string of the molecule is Cl.O=C(NC1C2CCN(CC2)C12CC2)c1cc2ccccc2[nH]1. The van der Waals surface area contributed by atoms with Crippen LogP contribution in [0.15, 0.2) is 30.3 Å². The second-order valence-corrected chi connectivity index (χ2v) is 7.15. The second-order valence-electron chi connectivity index (χ2n) is 7.15. The van der Waals surface area contributed by atoms with Gasteiger partial charge in [0.25, 0.3) is 5.91 Å². The Morgan fingerprint density at radius 1 is 1.22 bits per heavy atom. The van der Waals surface area contributed by atoms with Crippen molar-refractivity contribution >= 4 is 29.2 Å². The molecule has 5 heteroatoms. The number of piperidine rings is 3. The van der Waals surface area contributed by atoms with Crippen molar-refractivity contribution in [3.63, 3.8) is 0 Å². The van der Waals surface area contributed by atoms with E-state index in [1.165, 1.54) is 38.8 Å². The topological polar surface area (TPSA) is 48.1 Å². The molecule has 1 aliphatic carbocycles. The maximum atomic E-state index is 12.7. The highest BCUT2D eigenvalue weighted by molar-refractivity contribution is 5.98. The molecule has 6 rings (SSSR count). The number of halogens is 1. The summed E-state index contributed by atoms with van der Waals surface area (Å²) in [6, 6.07) is 10.4. The minimum absolute atomic E-state index is 0. The maximum Gasteiger partial charge on any atom is 0.268 e. The Labute approximate surface area is 142 Å². The van der Waals surface area contributed by atoms with Gasteiger partial charge in [-0.05, 0) is 56.8 Å². The molecule has 1 aromatic carbocycles. The first-order chi connectivity index (χ1) is 10.8. The van der Waals surface area contributed by atoms with Crippen LogP contribution in [-0.2, 0) is 0 Å². The van der Waals surface area contributed by atoms with Crippen LogP contribution < -0.4 is 5.32 Å². The van der Waals surface area contributed by atoms with Crippen molar-refractivity contribution in [1.29, 1.82) is 0 Å². The predicted octanol–water partition coefficient (Wildman–Crippen LogP) is 2.95. The first-order valence-corrected chi connectivity index (χ1v) is 8.40. The lowest BCUT2D eigenvalue weighted by molar-refractivity contribution is -0.00151. The minimum Gasteiger partial charge on any atom is -0.351 e. The van der Waals surface area contributed by atoms with E-state index in [0.29, 0.717) is 23.2 Å². The van der Waals surface area contributed by atoms with E-state index in [-0.39, 0.29) is 18.3 Å². The fraction of sp³-hybridized carbons (Fsp3) is 0.500. The van der Waals surface area contributed by atoms with Gasteiger partial charge in [0.1, 0.15) is 5.69 Å². The monoisotopic (exact) mass is 331 g/mol. The highest BCUT2D eigenvalue weighted by Crippen LogP contribution is 2.53. The number of amides is 1. The zero-order valence-electron chi connectivity index (χ0n) is 13.0. The van der Waals surface area contributed by atoms with Gasteiger partial charge in [-0.1, -0.05) is 18.2 Å². The highest BCUT2D eigenvalue weighted by Gasteiger charge is 2.60. The second kappa shape index (κ2) is 5.25. The smallest absolute Gasteiger partial charge is 0.268 e. The van der Waals surface area contributed by atoms with Gasteiger partial charge in [0, 0.05) is 16.4 Å². The molecule has 2 bridgehead atoms. The van der Waals surface area contributed by atoms with E-state index in [2.05, 4.69) is 15.2 Å². The molecule has 1 atom stereocenters. The molecule has 1 unspecified atom stereocenters. The number of aromatic nitrogens is 1. The molecule has 4 heterocycles. The first kappa shape index (κ1) is 15.0. The van der Waals surface area contributed by atoms with E-state index in [0.717, 1.165) is 10.9 Å². The molecule has 1 aromatic heterocycles. The average Bonchev–Trinajstić information content (AvgIpc) is 3.20.